The number of hydrogen-bond donors (Lipinski definition) is 1. The number of nitrogens with zero attached hydrogens (tertiary/aromatic N) is 3. The van der Waals surface area contributed by atoms with Gasteiger partial charge in [-0.1, -0.05) is 0 Å². The minimum absolute atomic E-state index is 0.832. The highest BCUT2D eigenvalue weighted by atomic mass is 15.3. The van der Waals surface area contributed by atoms with Crippen molar-refractivity contribution < 1.29 is 0 Å². The highest BCUT2D eigenvalue weighted by molar-refractivity contribution is 5.21. The highest BCUT2D eigenvalue weighted by Crippen LogP contribution is 2.04. The quantitative estimate of drug-likeness (QED) is 0.840. The summed E-state index contributed by atoms with van der Waals surface area (Å²) >= 11 is 0. The largest absolute Gasteiger partial charge is 0.307 e. The zero-order valence-corrected chi connectivity index (χ0v) is 9.64. The molecule has 0 bridgehead atoms. The summed E-state index contributed by atoms with van der Waals surface area (Å²) in [6.45, 7) is 3.77. The highest BCUT2D eigenvalue weighted by Gasteiger charge is 1.99. The first-order valence-electron chi connectivity index (χ1n) is 5.34. The molecule has 0 atom stereocenters. The average Bonchev–Trinajstić information content (AvgIpc) is 2.67. The van der Waals surface area contributed by atoms with E-state index in [1.807, 2.05) is 42.5 Å². The number of rotatable bonds is 4. The molecule has 4 heteroatoms. The summed E-state index contributed by atoms with van der Waals surface area (Å²) in [4.78, 5) is 4.08. The number of pyridine rings is 1. The van der Waals surface area contributed by atoms with Crippen LogP contribution in [0.5, 0.6) is 0 Å². The van der Waals surface area contributed by atoms with Gasteiger partial charge < -0.3 is 5.32 Å². The lowest BCUT2D eigenvalue weighted by molar-refractivity contribution is 0.624. The Hall–Kier alpha value is -1.68. The van der Waals surface area contributed by atoms with Gasteiger partial charge in [-0.3, -0.25) is 9.67 Å². The number of aromatic nitrogens is 3. The maximum atomic E-state index is 4.13. The molecule has 1 N–H and O–H groups in total. The molecule has 84 valence electrons. The molecule has 0 saturated carbocycles. The Labute approximate surface area is 95.3 Å². The first-order valence-corrected chi connectivity index (χ1v) is 5.34. The fourth-order valence-corrected chi connectivity index (χ4v) is 1.60. The molecule has 2 rings (SSSR count). The van der Waals surface area contributed by atoms with E-state index in [9.17, 15) is 0 Å². The van der Waals surface area contributed by atoms with Crippen LogP contribution in [-0.2, 0) is 20.1 Å². The fraction of sp³-hybridized carbons (Fsp3) is 0.333. The van der Waals surface area contributed by atoms with Gasteiger partial charge in [0.15, 0.2) is 0 Å². The van der Waals surface area contributed by atoms with Crippen molar-refractivity contribution in [3.05, 3.63) is 47.5 Å². The summed E-state index contributed by atoms with van der Waals surface area (Å²) in [5.41, 5.74) is 3.70. The molecule has 0 aromatic carbocycles. The Balaban J connectivity index is 1.89. The third-order valence-corrected chi connectivity index (χ3v) is 2.68. The van der Waals surface area contributed by atoms with E-state index in [1.165, 1.54) is 16.8 Å². The third-order valence-electron chi connectivity index (χ3n) is 2.68. The van der Waals surface area contributed by atoms with Crippen LogP contribution in [0.15, 0.2) is 30.7 Å². The van der Waals surface area contributed by atoms with Crippen molar-refractivity contribution in [3.63, 3.8) is 0 Å². The van der Waals surface area contributed by atoms with Crippen molar-refractivity contribution in [1.82, 2.24) is 20.1 Å². The lowest BCUT2D eigenvalue weighted by atomic mass is 10.1. The summed E-state index contributed by atoms with van der Waals surface area (Å²) in [7, 11) is 1.95. The van der Waals surface area contributed by atoms with Gasteiger partial charge in [-0.25, -0.2) is 0 Å². The fourth-order valence-electron chi connectivity index (χ4n) is 1.60. The van der Waals surface area contributed by atoms with Crippen molar-refractivity contribution >= 4 is 0 Å². The molecule has 0 spiro atoms. The Morgan fingerprint density at radius 1 is 1.25 bits per heavy atom. The summed E-state index contributed by atoms with van der Waals surface area (Å²) in [6, 6.07) is 4.07. The van der Waals surface area contributed by atoms with Crippen LogP contribution in [0.25, 0.3) is 0 Å². The molecule has 0 unspecified atom stereocenters. The van der Waals surface area contributed by atoms with Crippen molar-refractivity contribution in [2.75, 3.05) is 0 Å². The molecule has 2 aromatic rings. The van der Waals surface area contributed by atoms with Crippen LogP contribution in [0.2, 0.25) is 0 Å². The number of hydrogen-bond acceptors (Lipinski definition) is 3. The molecule has 0 radical (unpaired) electrons. The topological polar surface area (TPSA) is 42.7 Å². The zero-order chi connectivity index (χ0) is 11.4. The van der Waals surface area contributed by atoms with Gasteiger partial charge in [0.05, 0.1) is 5.69 Å². The maximum absolute atomic E-state index is 4.13. The van der Waals surface area contributed by atoms with Gasteiger partial charge in [-0.2, -0.15) is 5.10 Å². The molecule has 0 fully saturated rings. The van der Waals surface area contributed by atoms with E-state index in [1.54, 1.807) is 0 Å². The Kier molecular flexibility index (Phi) is 3.31. The van der Waals surface area contributed by atoms with Crippen LogP contribution in [-0.4, -0.2) is 14.8 Å². The monoisotopic (exact) mass is 216 g/mol. The summed E-state index contributed by atoms with van der Waals surface area (Å²) in [6.07, 6.45) is 5.53. The molecular formula is C12H16N4. The predicted octanol–water partition coefficient (Wildman–Crippen LogP) is 1.41. The minimum Gasteiger partial charge on any atom is -0.307 e. The second-order valence-electron chi connectivity index (χ2n) is 3.85. The van der Waals surface area contributed by atoms with E-state index in [0.29, 0.717) is 0 Å². The molecule has 0 aliphatic carbocycles. The van der Waals surface area contributed by atoms with Gasteiger partial charge in [-0.05, 0) is 30.2 Å². The smallest absolute Gasteiger partial charge is 0.0518 e. The summed E-state index contributed by atoms with van der Waals surface area (Å²) in [5.74, 6) is 0. The first-order chi connectivity index (χ1) is 7.77. The Morgan fingerprint density at radius 3 is 2.81 bits per heavy atom. The average molecular weight is 216 g/mol. The Bertz CT molecular complexity index is 462. The van der Waals surface area contributed by atoms with E-state index >= 15 is 0 Å². The molecule has 0 aliphatic heterocycles. The molecule has 0 saturated heterocycles. The predicted molar refractivity (Wildman–Crippen MR) is 62.7 cm³/mol. The number of aryl methyl sites for hydroxylation is 2. The van der Waals surface area contributed by atoms with Gasteiger partial charge in [0.1, 0.15) is 0 Å². The van der Waals surface area contributed by atoms with E-state index in [2.05, 4.69) is 22.3 Å². The van der Waals surface area contributed by atoms with Crippen molar-refractivity contribution in [3.8, 4) is 0 Å². The lowest BCUT2D eigenvalue weighted by Gasteiger charge is -2.07. The molecular weight excluding hydrogens is 200 g/mol. The van der Waals surface area contributed by atoms with Crippen LogP contribution in [0.4, 0.5) is 0 Å². The zero-order valence-electron chi connectivity index (χ0n) is 9.64. The van der Waals surface area contributed by atoms with E-state index in [4.69, 9.17) is 0 Å². The van der Waals surface area contributed by atoms with Gasteiger partial charge in [0, 0.05) is 38.7 Å². The molecule has 16 heavy (non-hydrogen) atoms. The Morgan fingerprint density at radius 2 is 2.12 bits per heavy atom. The lowest BCUT2D eigenvalue weighted by Crippen LogP contribution is -2.15. The van der Waals surface area contributed by atoms with Crippen LogP contribution in [0, 0.1) is 6.92 Å². The third kappa shape index (κ3) is 2.46. The minimum atomic E-state index is 0.832. The van der Waals surface area contributed by atoms with Crippen LogP contribution in [0.3, 0.4) is 0 Å². The van der Waals surface area contributed by atoms with E-state index in [0.717, 1.165) is 13.1 Å². The molecule has 0 amide bonds. The van der Waals surface area contributed by atoms with Gasteiger partial charge in [-0.15, -0.1) is 0 Å². The van der Waals surface area contributed by atoms with Crippen molar-refractivity contribution in [2.45, 2.75) is 20.0 Å². The second-order valence-corrected chi connectivity index (χ2v) is 3.85. The molecule has 0 aliphatic rings. The van der Waals surface area contributed by atoms with Gasteiger partial charge >= 0.3 is 0 Å². The molecule has 2 aromatic heterocycles. The van der Waals surface area contributed by atoms with E-state index < -0.39 is 0 Å². The van der Waals surface area contributed by atoms with Crippen LogP contribution >= 0.6 is 0 Å². The van der Waals surface area contributed by atoms with Crippen LogP contribution in [0.1, 0.15) is 16.8 Å². The van der Waals surface area contributed by atoms with Gasteiger partial charge in [0.2, 0.25) is 0 Å². The SMILES string of the molecule is Cc1cnccc1CNCc1ccnn1C. The van der Waals surface area contributed by atoms with Crippen molar-refractivity contribution in [1.29, 1.82) is 0 Å². The summed E-state index contributed by atoms with van der Waals surface area (Å²) < 4.78 is 1.88. The molecule has 4 nitrogen and oxygen atoms in total. The van der Waals surface area contributed by atoms with Crippen LogP contribution < -0.4 is 5.32 Å². The summed E-state index contributed by atoms with van der Waals surface area (Å²) in [5, 5.41) is 7.52. The normalized spacial score (nSPS) is 10.6. The molecule has 2 heterocycles. The first kappa shape index (κ1) is 10.8. The standard InChI is InChI=1S/C12H16N4/c1-10-7-13-5-3-11(10)8-14-9-12-4-6-15-16(12)2/h3-7,14H,8-9H2,1-2H3. The second kappa shape index (κ2) is 4.90. The maximum Gasteiger partial charge on any atom is 0.0518 e. The van der Waals surface area contributed by atoms with Crippen molar-refractivity contribution in [2.24, 2.45) is 7.05 Å². The number of nitrogens with one attached hydrogen (secondary N) is 1. The van der Waals surface area contributed by atoms with E-state index in [-0.39, 0.29) is 0 Å². The van der Waals surface area contributed by atoms with Gasteiger partial charge in [0.25, 0.3) is 0 Å².